The highest BCUT2D eigenvalue weighted by molar-refractivity contribution is 4.93. The molecule has 1 spiro atoms. The van der Waals surface area contributed by atoms with Gasteiger partial charge in [-0.2, -0.15) is 0 Å². The lowest BCUT2D eigenvalue weighted by molar-refractivity contribution is -0.110. The van der Waals surface area contributed by atoms with E-state index in [0.717, 1.165) is 19.8 Å². The molecule has 0 bridgehead atoms. The van der Waals surface area contributed by atoms with E-state index in [0.29, 0.717) is 12.1 Å². The van der Waals surface area contributed by atoms with Gasteiger partial charge in [0, 0.05) is 25.3 Å². The average molecular weight is 239 g/mol. The van der Waals surface area contributed by atoms with E-state index >= 15 is 0 Å². The fourth-order valence-corrected chi connectivity index (χ4v) is 3.71. The van der Waals surface area contributed by atoms with Gasteiger partial charge in [-0.05, 0) is 32.1 Å². The molecule has 1 N–H and O–H groups in total. The molecule has 2 saturated heterocycles. The van der Waals surface area contributed by atoms with Crippen LogP contribution in [0.1, 0.15) is 51.4 Å². The molecule has 0 aromatic carbocycles. The van der Waals surface area contributed by atoms with Crippen LogP contribution in [0.3, 0.4) is 0 Å². The molecule has 0 radical (unpaired) electrons. The number of ether oxygens (including phenoxy) is 2. The van der Waals surface area contributed by atoms with Gasteiger partial charge in [0.25, 0.3) is 0 Å². The second kappa shape index (κ2) is 5.25. The number of rotatable bonds is 2. The first-order valence-corrected chi connectivity index (χ1v) is 7.34. The van der Waals surface area contributed by atoms with Crippen molar-refractivity contribution in [3.8, 4) is 0 Å². The minimum Gasteiger partial charge on any atom is -0.380 e. The topological polar surface area (TPSA) is 30.5 Å². The van der Waals surface area contributed by atoms with Gasteiger partial charge in [-0.3, -0.25) is 0 Å². The first-order chi connectivity index (χ1) is 8.36. The second-order valence-electron chi connectivity index (χ2n) is 6.01. The molecular weight excluding hydrogens is 214 g/mol. The molecule has 2 aliphatic heterocycles. The van der Waals surface area contributed by atoms with E-state index in [2.05, 4.69) is 5.32 Å². The summed E-state index contributed by atoms with van der Waals surface area (Å²) < 4.78 is 11.6. The minimum absolute atomic E-state index is 0.230. The Labute approximate surface area is 104 Å². The van der Waals surface area contributed by atoms with Crippen molar-refractivity contribution in [3.63, 3.8) is 0 Å². The Morgan fingerprint density at radius 3 is 2.53 bits per heavy atom. The summed E-state index contributed by atoms with van der Waals surface area (Å²) in [4.78, 5) is 0. The zero-order chi connectivity index (χ0) is 11.6. The summed E-state index contributed by atoms with van der Waals surface area (Å²) in [5, 5.41) is 3.78. The van der Waals surface area contributed by atoms with Crippen LogP contribution in [-0.4, -0.2) is 37.5 Å². The summed E-state index contributed by atoms with van der Waals surface area (Å²) in [6.45, 7) is 2.79. The molecule has 3 aliphatic rings. The van der Waals surface area contributed by atoms with Crippen LogP contribution in [0.5, 0.6) is 0 Å². The summed E-state index contributed by atoms with van der Waals surface area (Å²) in [6, 6.07) is 1.26. The van der Waals surface area contributed by atoms with Crippen LogP contribution < -0.4 is 5.32 Å². The maximum atomic E-state index is 6.13. The predicted molar refractivity (Wildman–Crippen MR) is 67.1 cm³/mol. The highest BCUT2D eigenvalue weighted by atomic mass is 16.5. The maximum absolute atomic E-state index is 6.13. The molecule has 1 aliphatic carbocycles. The van der Waals surface area contributed by atoms with Crippen molar-refractivity contribution in [2.75, 3.05) is 19.8 Å². The lowest BCUT2D eigenvalue weighted by Crippen LogP contribution is -2.50. The fourth-order valence-electron chi connectivity index (χ4n) is 3.71. The highest BCUT2D eigenvalue weighted by Gasteiger charge is 2.39. The first kappa shape index (κ1) is 11.9. The molecular formula is C14H25NO2. The number of hydrogen-bond acceptors (Lipinski definition) is 3. The molecule has 3 heteroatoms. The predicted octanol–water partition coefficient (Wildman–Crippen LogP) is 2.25. The van der Waals surface area contributed by atoms with Gasteiger partial charge in [-0.15, -0.1) is 0 Å². The summed E-state index contributed by atoms with van der Waals surface area (Å²) in [5.74, 6) is 0. The normalized spacial score (nSPS) is 37.4. The van der Waals surface area contributed by atoms with Crippen LogP contribution in [0.4, 0.5) is 0 Å². The summed E-state index contributed by atoms with van der Waals surface area (Å²) >= 11 is 0. The van der Waals surface area contributed by atoms with E-state index in [1.165, 1.54) is 51.4 Å². The lowest BCUT2D eigenvalue weighted by Gasteiger charge is -2.44. The van der Waals surface area contributed by atoms with E-state index in [1.807, 2.05) is 0 Å². The lowest BCUT2D eigenvalue weighted by atomic mass is 9.78. The monoisotopic (exact) mass is 239 g/mol. The average Bonchev–Trinajstić information content (AvgIpc) is 2.83. The largest absolute Gasteiger partial charge is 0.380 e. The van der Waals surface area contributed by atoms with Crippen LogP contribution >= 0.6 is 0 Å². The standard InChI is InChI=1S/C14H25NO2/c1-2-6-14(7-3-1)10-12(5-9-17-14)15-13-4-8-16-11-13/h12-13,15H,1-11H2. The summed E-state index contributed by atoms with van der Waals surface area (Å²) in [7, 11) is 0. The van der Waals surface area contributed by atoms with Crippen LogP contribution in [0, 0.1) is 0 Å². The van der Waals surface area contributed by atoms with Gasteiger partial charge in [0.05, 0.1) is 12.2 Å². The van der Waals surface area contributed by atoms with E-state index in [9.17, 15) is 0 Å². The smallest absolute Gasteiger partial charge is 0.0697 e. The van der Waals surface area contributed by atoms with Crippen molar-refractivity contribution in [2.24, 2.45) is 0 Å². The van der Waals surface area contributed by atoms with Gasteiger partial charge >= 0.3 is 0 Å². The fraction of sp³-hybridized carbons (Fsp3) is 1.00. The molecule has 0 amide bonds. The zero-order valence-electron chi connectivity index (χ0n) is 10.7. The Bertz CT molecular complexity index is 239. The molecule has 2 heterocycles. The summed E-state index contributed by atoms with van der Waals surface area (Å²) in [6.07, 6.45) is 10.3. The molecule has 2 unspecified atom stereocenters. The third-order valence-electron chi connectivity index (χ3n) is 4.66. The molecule has 1 saturated carbocycles. The van der Waals surface area contributed by atoms with Crippen molar-refractivity contribution in [2.45, 2.75) is 69.1 Å². The molecule has 17 heavy (non-hydrogen) atoms. The Morgan fingerprint density at radius 1 is 0.941 bits per heavy atom. The second-order valence-corrected chi connectivity index (χ2v) is 6.01. The van der Waals surface area contributed by atoms with Crippen molar-refractivity contribution in [1.82, 2.24) is 5.32 Å². The van der Waals surface area contributed by atoms with Crippen molar-refractivity contribution < 1.29 is 9.47 Å². The van der Waals surface area contributed by atoms with Gasteiger partial charge < -0.3 is 14.8 Å². The highest BCUT2D eigenvalue weighted by Crippen LogP contribution is 2.38. The molecule has 3 rings (SSSR count). The van der Waals surface area contributed by atoms with E-state index in [1.54, 1.807) is 0 Å². The van der Waals surface area contributed by atoms with E-state index in [-0.39, 0.29) is 5.60 Å². The van der Waals surface area contributed by atoms with E-state index in [4.69, 9.17) is 9.47 Å². The van der Waals surface area contributed by atoms with Gasteiger partial charge in [0.2, 0.25) is 0 Å². The maximum Gasteiger partial charge on any atom is 0.0697 e. The molecule has 98 valence electrons. The Morgan fingerprint density at radius 2 is 1.76 bits per heavy atom. The van der Waals surface area contributed by atoms with E-state index < -0.39 is 0 Å². The van der Waals surface area contributed by atoms with Crippen LogP contribution in [0.25, 0.3) is 0 Å². The van der Waals surface area contributed by atoms with Gasteiger partial charge in [0.15, 0.2) is 0 Å². The zero-order valence-corrected chi connectivity index (χ0v) is 10.7. The number of hydrogen-bond donors (Lipinski definition) is 1. The third-order valence-corrected chi connectivity index (χ3v) is 4.66. The van der Waals surface area contributed by atoms with Crippen LogP contribution in [0.15, 0.2) is 0 Å². The van der Waals surface area contributed by atoms with Crippen molar-refractivity contribution in [3.05, 3.63) is 0 Å². The Hall–Kier alpha value is -0.120. The molecule has 0 aromatic heterocycles. The van der Waals surface area contributed by atoms with Crippen molar-refractivity contribution >= 4 is 0 Å². The van der Waals surface area contributed by atoms with Crippen LogP contribution in [0.2, 0.25) is 0 Å². The van der Waals surface area contributed by atoms with Crippen molar-refractivity contribution in [1.29, 1.82) is 0 Å². The first-order valence-electron chi connectivity index (χ1n) is 7.34. The summed E-state index contributed by atoms with van der Waals surface area (Å²) in [5.41, 5.74) is 0.230. The SMILES string of the molecule is C1CCC2(CC1)CC(NC1CCOC1)CCO2. The molecule has 3 fully saturated rings. The molecule has 2 atom stereocenters. The third kappa shape index (κ3) is 2.83. The van der Waals surface area contributed by atoms with Gasteiger partial charge in [0.1, 0.15) is 0 Å². The van der Waals surface area contributed by atoms with Gasteiger partial charge in [-0.25, -0.2) is 0 Å². The van der Waals surface area contributed by atoms with Gasteiger partial charge in [-0.1, -0.05) is 19.3 Å². The van der Waals surface area contributed by atoms with Crippen LogP contribution in [-0.2, 0) is 9.47 Å². The Balaban J connectivity index is 1.55. The molecule has 0 aromatic rings. The number of nitrogens with one attached hydrogen (secondary N) is 1. The quantitative estimate of drug-likeness (QED) is 0.801. The minimum atomic E-state index is 0.230. The molecule has 3 nitrogen and oxygen atoms in total. The Kier molecular flexibility index (Phi) is 3.69.